The van der Waals surface area contributed by atoms with Crippen LogP contribution < -0.4 is 5.73 Å². The maximum absolute atomic E-state index is 8.65. The first-order chi connectivity index (χ1) is 7.62. The lowest BCUT2D eigenvalue weighted by molar-refractivity contribution is 0.0498. The lowest BCUT2D eigenvalue weighted by atomic mass is 10.0. The summed E-state index contributed by atoms with van der Waals surface area (Å²) in [6, 6.07) is 2.03. The predicted octanol–water partition coefficient (Wildman–Crippen LogP) is 0.687. The van der Waals surface area contributed by atoms with E-state index < -0.39 is 5.54 Å². The van der Waals surface area contributed by atoms with Gasteiger partial charge in [-0.3, -0.25) is 0 Å². The van der Waals surface area contributed by atoms with Crippen molar-refractivity contribution in [3.8, 4) is 6.07 Å². The van der Waals surface area contributed by atoms with Crippen LogP contribution in [0.15, 0.2) is 0 Å². The number of hydrogen-bond donors (Lipinski definition) is 1. The second-order valence-electron chi connectivity index (χ2n) is 3.85. The van der Waals surface area contributed by atoms with E-state index in [1.54, 1.807) is 14.0 Å². The second-order valence-corrected chi connectivity index (χ2v) is 3.85. The van der Waals surface area contributed by atoms with E-state index in [4.69, 9.17) is 25.2 Å². The van der Waals surface area contributed by atoms with Crippen LogP contribution >= 0.6 is 0 Å². The fourth-order valence-electron chi connectivity index (χ4n) is 0.950. The minimum absolute atomic E-state index is 0.513. The zero-order valence-corrected chi connectivity index (χ0v) is 10.2. The van der Waals surface area contributed by atoms with Crippen molar-refractivity contribution < 1.29 is 14.2 Å². The van der Waals surface area contributed by atoms with Crippen LogP contribution in [0.2, 0.25) is 0 Å². The third kappa shape index (κ3) is 9.87. The van der Waals surface area contributed by atoms with Crippen LogP contribution in [-0.2, 0) is 14.2 Å². The molecule has 0 aromatic rings. The van der Waals surface area contributed by atoms with Gasteiger partial charge in [-0.1, -0.05) is 0 Å². The van der Waals surface area contributed by atoms with E-state index in [1.807, 2.05) is 6.07 Å². The highest BCUT2D eigenvalue weighted by Crippen LogP contribution is 2.03. The highest BCUT2D eigenvalue weighted by atomic mass is 16.5. The molecule has 0 aliphatic heterocycles. The molecule has 0 saturated heterocycles. The van der Waals surface area contributed by atoms with Crippen LogP contribution in [0.5, 0.6) is 0 Å². The van der Waals surface area contributed by atoms with Gasteiger partial charge in [-0.15, -0.1) is 0 Å². The van der Waals surface area contributed by atoms with Crippen LogP contribution in [0.3, 0.4) is 0 Å². The van der Waals surface area contributed by atoms with Gasteiger partial charge in [0.25, 0.3) is 0 Å². The molecule has 5 nitrogen and oxygen atoms in total. The molecule has 0 aromatic heterocycles. The number of hydrogen-bond acceptors (Lipinski definition) is 5. The molecule has 0 bridgehead atoms. The lowest BCUT2D eigenvalue weighted by Gasteiger charge is -2.14. The molecule has 0 amide bonds. The normalized spacial score (nSPS) is 14.4. The fourth-order valence-corrected chi connectivity index (χ4v) is 0.950. The van der Waals surface area contributed by atoms with Crippen LogP contribution in [0, 0.1) is 11.3 Å². The van der Waals surface area contributed by atoms with E-state index in [-0.39, 0.29) is 0 Å². The van der Waals surface area contributed by atoms with Gasteiger partial charge in [0.05, 0.1) is 19.3 Å². The van der Waals surface area contributed by atoms with Crippen molar-refractivity contribution in [1.82, 2.24) is 0 Å². The molecule has 1 atom stereocenters. The van der Waals surface area contributed by atoms with Crippen molar-refractivity contribution in [3.63, 3.8) is 0 Å². The van der Waals surface area contributed by atoms with E-state index in [1.165, 1.54) is 0 Å². The fraction of sp³-hybridized carbons (Fsp3) is 0.909. The summed E-state index contributed by atoms with van der Waals surface area (Å²) >= 11 is 0. The van der Waals surface area contributed by atoms with E-state index in [2.05, 4.69) is 0 Å². The van der Waals surface area contributed by atoms with Gasteiger partial charge in [0, 0.05) is 33.4 Å². The molecule has 0 fully saturated rings. The van der Waals surface area contributed by atoms with Crippen LogP contribution in [-0.4, -0.2) is 45.7 Å². The number of nitrogens with two attached hydrogens (primary N) is 1. The topological polar surface area (TPSA) is 77.5 Å². The molecule has 1 unspecified atom stereocenters. The highest BCUT2D eigenvalue weighted by molar-refractivity contribution is 5.00. The third-order valence-corrected chi connectivity index (χ3v) is 2.03. The average Bonchev–Trinajstić information content (AvgIpc) is 2.27. The molecular weight excluding hydrogens is 208 g/mol. The van der Waals surface area contributed by atoms with Gasteiger partial charge in [-0.2, -0.15) is 5.26 Å². The molecular formula is C11H22N2O3. The van der Waals surface area contributed by atoms with Crippen molar-refractivity contribution in [1.29, 1.82) is 5.26 Å². The van der Waals surface area contributed by atoms with Gasteiger partial charge in [0.2, 0.25) is 0 Å². The molecule has 0 aliphatic rings. The molecule has 2 N–H and O–H groups in total. The molecule has 0 heterocycles. The quantitative estimate of drug-likeness (QED) is 0.559. The summed E-state index contributed by atoms with van der Waals surface area (Å²) < 4.78 is 15.4. The Kier molecular flexibility index (Phi) is 9.15. The Morgan fingerprint density at radius 1 is 1.12 bits per heavy atom. The van der Waals surface area contributed by atoms with Gasteiger partial charge in [-0.25, -0.2) is 0 Å². The van der Waals surface area contributed by atoms with Crippen molar-refractivity contribution in [2.24, 2.45) is 5.73 Å². The van der Waals surface area contributed by atoms with Gasteiger partial charge in [0.15, 0.2) is 0 Å². The Morgan fingerprint density at radius 2 is 1.75 bits per heavy atom. The number of methoxy groups -OCH3 is 1. The molecule has 0 spiro atoms. The Balaban J connectivity index is 3.14. The highest BCUT2D eigenvalue weighted by Gasteiger charge is 2.16. The summed E-state index contributed by atoms with van der Waals surface area (Å²) in [7, 11) is 1.64. The summed E-state index contributed by atoms with van der Waals surface area (Å²) in [6.45, 7) is 4.75. The van der Waals surface area contributed by atoms with Crippen molar-refractivity contribution in [2.75, 3.05) is 40.1 Å². The molecule has 94 valence electrons. The second kappa shape index (κ2) is 9.55. The third-order valence-electron chi connectivity index (χ3n) is 2.03. The van der Waals surface area contributed by atoms with Gasteiger partial charge in [0.1, 0.15) is 5.54 Å². The first-order valence-corrected chi connectivity index (χ1v) is 5.47. The zero-order chi connectivity index (χ0) is 12.3. The maximum Gasteiger partial charge on any atom is 0.103 e. The smallest absolute Gasteiger partial charge is 0.103 e. The van der Waals surface area contributed by atoms with E-state index >= 15 is 0 Å². The largest absolute Gasteiger partial charge is 0.382 e. The van der Waals surface area contributed by atoms with Crippen LogP contribution in [0.4, 0.5) is 0 Å². The first-order valence-electron chi connectivity index (χ1n) is 5.47. The Hall–Kier alpha value is -0.670. The molecule has 5 heteroatoms. The summed E-state index contributed by atoms with van der Waals surface area (Å²) in [5.41, 5.74) is 4.85. The maximum atomic E-state index is 8.65. The van der Waals surface area contributed by atoms with Crippen LogP contribution in [0.25, 0.3) is 0 Å². The Labute approximate surface area is 97.5 Å². The van der Waals surface area contributed by atoms with Gasteiger partial charge >= 0.3 is 0 Å². The molecule has 0 aromatic carbocycles. The lowest BCUT2D eigenvalue weighted by Crippen LogP contribution is -2.35. The molecule has 0 rings (SSSR count). The van der Waals surface area contributed by atoms with Crippen molar-refractivity contribution in [3.05, 3.63) is 0 Å². The van der Waals surface area contributed by atoms with Crippen molar-refractivity contribution in [2.45, 2.75) is 25.3 Å². The minimum atomic E-state index is -0.783. The summed E-state index contributed by atoms with van der Waals surface area (Å²) in [5, 5.41) is 8.65. The predicted molar refractivity (Wildman–Crippen MR) is 61.0 cm³/mol. The van der Waals surface area contributed by atoms with Gasteiger partial charge < -0.3 is 19.9 Å². The summed E-state index contributed by atoms with van der Waals surface area (Å²) in [4.78, 5) is 0. The standard InChI is InChI=1S/C11H22N2O3/c1-11(13,10-12)4-7-15-5-3-6-16-9-8-14-2/h3-9,13H2,1-2H3. The van der Waals surface area contributed by atoms with Gasteiger partial charge in [-0.05, 0) is 13.3 Å². The number of nitriles is 1. The Bertz CT molecular complexity index is 202. The average molecular weight is 230 g/mol. The monoisotopic (exact) mass is 230 g/mol. The van der Waals surface area contributed by atoms with Crippen molar-refractivity contribution >= 4 is 0 Å². The summed E-state index contributed by atoms with van der Waals surface area (Å²) in [6.07, 6.45) is 1.39. The Morgan fingerprint density at radius 3 is 2.31 bits per heavy atom. The summed E-state index contributed by atoms with van der Waals surface area (Å²) in [5.74, 6) is 0. The molecule has 16 heavy (non-hydrogen) atoms. The molecule has 0 aliphatic carbocycles. The number of ether oxygens (including phenoxy) is 3. The van der Waals surface area contributed by atoms with E-state index in [0.29, 0.717) is 39.5 Å². The number of nitrogens with zero attached hydrogens (tertiary/aromatic N) is 1. The molecule has 0 radical (unpaired) electrons. The zero-order valence-electron chi connectivity index (χ0n) is 10.2. The number of rotatable bonds is 10. The van der Waals surface area contributed by atoms with E-state index in [0.717, 1.165) is 6.42 Å². The molecule has 0 saturated carbocycles. The van der Waals surface area contributed by atoms with E-state index in [9.17, 15) is 0 Å². The van der Waals surface area contributed by atoms with Crippen LogP contribution in [0.1, 0.15) is 19.8 Å². The first kappa shape index (κ1) is 15.3. The minimum Gasteiger partial charge on any atom is -0.382 e. The SMILES string of the molecule is COCCOCCCOCCC(C)(N)C#N.